The van der Waals surface area contributed by atoms with Gasteiger partial charge in [-0.25, -0.2) is 9.78 Å². The highest BCUT2D eigenvalue weighted by Crippen LogP contribution is 2.06. The molecule has 4 heteroatoms. The van der Waals surface area contributed by atoms with E-state index in [-0.39, 0.29) is 5.69 Å². The van der Waals surface area contributed by atoms with Gasteiger partial charge in [0.05, 0.1) is 5.69 Å². The molecule has 0 saturated carbocycles. The molecule has 1 aromatic carbocycles. The van der Waals surface area contributed by atoms with E-state index in [0.717, 1.165) is 11.3 Å². The predicted molar refractivity (Wildman–Crippen MR) is 57.7 cm³/mol. The van der Waals surface area contributed by atoms with Gasteiger partial charge < -0.3 is 5.73 Å². The third-order valence-electron chi connectivity index (χ3n) is 2.16. The summed E-state index contributed by atoms with van der Waals surface area (Å²) in [5.41, 5.74) is 7.04. The third-order valence-corrected chi connectivity index (χ3v) is 2.16. The van der Waals surface area contributed by atoms with E-state index >= 15 is 0 Å². The summed E-state index contributed by atoms with van der Waals surface area (Å²) in [5, 5.41) is 0. The highest BCUT2D eigenvalue weighted by atomic mass is 16.1. The Balaban J connectivity index is 2.46. The minimum absolute atomic E-state index is 0.280. The van der Waals surface area contributed by atoms with Crippen molar-refractivity contribution in [3.8, 4) is 5.69 Å². The first kappa shape index (κ1) is 9.61. The van der Waals surface area contributed by atoms with E-state index in [1.807, 2.05) is 24.3 Å². The fourth-order valence-electron chi connectivity index (χ4n) is 1.35. The summed E-state index contributed by atoms with van der Waals surface area (Å²) in [7, 11) is 0. The Kier molecular flexibility index (Phi) is 2.60. The molecule has 0 aliphatic heterocycles. The van der Waals surface area contributed by atoms with Crippen LogP contribution in [0.5, 0.6) is 0 Å². The molecule has 15 heavy (non-hydrogen) atoms. The molecule has 4 nitrogen and oxygen atoms in total. The lowest BCUT2D eigenvalue weighted by Gasteiger charge is -2.04. The van der Waals surface area contributed by atoms with E-state index in [1.54, 1.807) is 12.3 Å². The van der Waals surface area contributed by atoms with Gasteiger partial charge >= 0.3 is 5.69 Å². The van der Waals surface area contributed by atoms with Crippen molar-refractivity contribution in [3.05, 3.63) is 58.8 Å². The van der Waals surface area contributed by atoms with Crippen LogP contribution in [0, 0.1) is 0 Å². The van der Waals surface area contributed by atoms with Crippen LogP contribution in [0.15, 0.2) is 47.5 Å². The molecule has 0 amide bonds. The average Bonchev–Trinajstić information content (AvgIpc) is 2.30. The molecule has 2 rings (SSSR count). The third kappa shape index (κ3) is 1.94. The summed E-state index contributed by atoms with van der Waals surface area (Å²) in [5.74, 6) is 0. The second kappa shape index (κ2) is 4.06. The lowest BCUT2D eigenvalue weighted by Crippen LogP contribution is -2.19. The standard InChI is InChI=1S/C11H11N3O/c12-8-9-2-4-10(5-3-9)14-7-1-6-13-11(14)15/h1-7H,8,12H2. The SMILES string of the molecule is NCc1ccc(-n2cccnc2=O)cc1. The maximum absolute atomic E-state index is 11.4. The first-order valence-electron chi connectivity index (χ1n) is 4.64. The van der Waals surface area contributed by atoms with Crippen LogP contribution in [-0.4, -0.2) is 9.55 Å². The Morgan fingerprint density at radius 3 is 2.60 bits per heavy atom. The number of rotatable bonds is 2. The summed E-state index contributed by atoms with van der Waals surface area (Å²) in [6.07, 6.45) is 3.17. The molecule has 0 fully saturated rings. The topological polar surface area (TPSA) is 60.9 Å². The van der Waals surface area contributed by atoms with Gasteiger partial charge in [-0.3, -0.25) is 4.57 Å². The molecule has 0 unspecified atom stereocenters. The van der Waals surface area contributed by atoms with Crippen LogP contribution in [0.25, 0.3) is 5.69 Å². The Morgan fingerprint density at radius 2 is 2.00 bits per heavy atom. The molecule has 2 aromatic rings. The highest BCUT2D eigenvalue weighted by Gasteiger charge is 1.98. The lowest BCUT2D eigenvalue weighted by atomic mass is 10.2. The second-order valence-electron chi connectivity index (χ2n) is 3.14. The zero-order chi connectivity index (χ0) is 10.7. The van der Waals surface area contributed by atoms with Crippen LogP contribution in [-0.2, 0) is 6.54 Å². The minimum atomic E-state index is -0.280. The van der Waals surface area contributed by atoms with Crippen molar-refractivity contribution in [2.45, 2.75) is 6.54 Å². The molecule has 2 N–H and O–H groups in total. The molecule has 0 radical (unpaired) electrons. The molecule has 0 atom stereocenters. The summed E-state index contributed by atoms with van der Waals surface area (Å²) in [6.45, 7) is 0.502. The minimum Gasteiger partial charge on any atom is -0.326 e. The van der Waals surface area contributed by atoms with Crippen molar-refractivity contribution in [1.82, 2.24) is 9.55 Å². The number of benzene rings is 1. The second-order valence-corrected chi connectivity index (χ2v) is 3.14. The first-order valence-corrected chi connectivity index (χ1v) is 4.64. The Labute approximate surface area is 87.0 Å². The zero-order valence-corrected chi connectivity index (χ0v) is 8.13. The molecule has 1 aromatic heterocycles. The summed E-state index contributed by atoms with van der Waals surface area (Å²) in [4.78, 5) is 15.1. The van der Waals surface area contributed by atoms with Crippen LogP contribution in [0.1, 0.15) is 5.56 Å². The van der Waals surface area contributed by atoms with E-state index in [2.05, 4.69) is 4.98 Å². The highest BCUT2D eigenvalue weighted by molar-refractivity contribution is 5.34. The Bertz CT molecular complexity index is 502. The smallest absolute Gasteiger partial charge is 0.326 e. The number of nitrogens with zero attached hydrogens (tertiary/aromatic N) is 2. The van der Waals surface area contributed by atoms with Crippen LogP contribution in [0.2, 0.25) is 0 Å². The van der Waals surface area contributed by atoms with E-state index in [0.29, 0.717) is 6.54 Å². The van der Waals surface area contributed by atoms with E-state index in [9.17, 15) is 4.79 Å². The van der Waals surface area contributed by atoms with Crippen molar-refractivity contribution >= 4 is 0 Å². The molecular formula is C11H11N3O. The van der Waals surface area contributed by atoms with Gasteiger partial charge in [-0.1, -0.05) is 12.1 Å². The van der Waals surface area contributed by atoms with Crippen molar-refractivity contribution in [3.63, 3.8) is 0 Å². The fraction of sp³-hybridized carbons (Fsp3) is 0.0909. The molecule has 76 valence electrons. The number of hydrogen-bond donors (Lipinski definition) is 1. The van der Waals surface area contributed by atoms with Crippen LogP contribution >= 0.6 is 0 Å². The van der Waals surface area contributed by atoms with Gasteiger partial charge in [-0.15, -0.1) is 0 Å². The van der Waals surface area contributed by atoms with Crippen LogP contribution in [0.3, 0.4) is 0 Å². The number of nitrogens with two attached hydrogens (primary N) is 1. The molecule has 0 bridgehead atoms. The van der Waals surface area contributed by atoms with Gasteiger partial charge in [0.15, 0.2) is 0 Å². The van der Waals surface area contributed by atoms with Crippen molar-refractivity contribution in [1.29, 1.82) is 0 Å². The van der Waals surface area contributed by atoms with E-state index < -0.39 is 0 Å². The fourth-order valence-corrected chi connectivity index (χ4v) is 1.35. The zero-order valence-electron chi connectivity index (χ0n) is 8.13. The predicted octanol–water partition coefficient (Wildman–Crippen LogP) is 0.691. The van der Waals surface area contributed by atoms with Gasteiger partial charge in [0.2, 0.25) is 0 Å². The lowest BCUT2D eigenvalue weighted by molar-refractivity contribution is 0.912. The quantitative estimate of drug-likeness (QED) is 0.777. The maximum Gasteiger partial charge on any atom is 0.352 e. The molecular weight excluding hydrogens is 190 g/mol. The van der Waals surface area contributed by atoms with Crippen LogP contribution in [0.4, 0.5) is 0 Å². The van der Waals surface area contributed by atoms with Gasteiger partial charge in [-0.2, -0.15) is 0 Å². The van der Waals surface area contributed by atoms with Gasteiger partial charge in [-0.05, 0) is 23.8 Å². The molecule has 0 saturated heterocycles. The largest absolute Gasteiger partial charge is 0.352 e. The van der Waals surface area contributed by atoms with Gasteiger partial charge in [0, 0.05) is 18.9 Å². The summed E-state index contributed by atoms with van der Waals surface area (Å²) < 4.78 is 1.49. The average molecular weight is 201 g/mol. The number of hydrogen-bond acceptors (Lipinski definition) is 3. The molecule has 0 aliphatic carbocycles. The van der Waals surface area contributed by atoms with Crippen LogP contribution < -0.4 is 11.4 Å². The van der Waals surface area contributed by atoms with Gasteiger partial charge in [0.25, 0.3) is 0 Å². The number of aromatic nitrogens is 2. The van der Waals surface area contributed by atoms with Crippen molar-refractivity contribution in [2.75, 3.05) is 0 Å². The summed E-state index contributed by atoms with van der Waals surface area (Å²) in [6, 6.07) is 9.22. The maximum atomic E-state index is 11.4. The Morgan fingerprint density at radius 1 is 1.27 bits per heavy atom. The van der Waals surface area contributed by atoms with Gasteiger partial charge in [0.1, 0.15) is 0 Å². The molecule has 0 aliphatic rings. The monoisotopic (exact) mass is 201 g/mol. The normalized spacial score (nSPS) is 10.2. The van der Waals surface area contributed by atoms with Crippen molar-refractivity contribution < 1.29 is 0 Å². The van der Waals surface area contributed by atoms with Crippen molar-refractivity contribution in [2.24, 2.45) is 5.73 Å². The summed E-state index contributed by atoms with van der Waals surface area (Å²) >= 11 is 0. The van der Waals surface area contributed by atoms with E-state index in [4.69, 9.17) is 5.73 Å². The molecule has 1 heterocycles. The molecule has 0 spiro atoms. The first-order chi connectivity index (χ1) is 7.31. The van der Waals surface area contributed by atoms with E-state index in [1.165, 1.54) is 10.8 Å². The Hall–Kier alpha value is -1.94.